The second kappa shape index (κ2) is 10.5. The summed E-state index contributed by atoms with van der Waals surface area (Å²) < 4.78 is 5.31. The quantitative estimate of drug-likeness (QED) is 0.266. The summed E-state index contributed by atoms with van der Waals surface area (Å²) >= 11 is 1.36. The Morgan fingerprint density at radius 3 is 2.53 bits per heavy atom. The summed E-state index contributed by atoms with van der Waals surface area (Å²) in [6, 6.07) is 18.3. The van der Waals surface area contributed by atoms with Gasteiger partial charge in [-0.3, -0.25) is 4.79 Å². The SMILES string of the molecule is COc1ccc(-c2cc(-c3ccc(C)cc3)c3c(N)c(C(=O)NCCC4=CCCCC4)sc3n2)cc1. The zero-order valence-corrected chi connectivity index (χ0v) is 21.6. The second-order valence-electron chi connectivity index (χ2n) is 9.29. The molecule has 5 rings (SSSR count). The molecule has 36 heavy (non-hydrogen) atoms. The predicted molar refractivity (Wildman–Crippen MR) is 150 cm³/mol. The van der Waals surface area contributed by atoms with Crippen LogP contribution in [0.15, 0.2) is 66.2 Å². The molecule has 0 spiro atoms. The van der Waals surface area contributed by atoms with Gasteiger partial charge in [0.1, 0.15) is 15.5 Å². The molecule has 1 aliphatic rings. The van der Waals surface area contributed by atoms with Crippen LogP contribution in [0.3, 0.4) is 0 Å². The van der Waals surface area contributed by atoms with Crippen molar-refractivity contribution in [2.24, 2.45) is 0 Å². The van der Waals surface area contributed by atoms with Gasteiger partial charge in [0.05, 0.1) is 18.5 Å². The van der Waals surface area contributed by atoms with E-state index in [4.69, 9.17) is 15.5 Å². The highest BCUT2D eigenvalue weighted by molar-refractivity contribution is 7.21. The number of anilines is 1. The highest BCUT2D eigenvalue weighted by atomic mass is 32.1. The minimum absolute atomic E-state index is 0.132. The number of carbonyl (C=O) groups is 1. The van der Waals surface area contributed by atoms with E-state index in [2.05, 4.69) is 48.6 Å². The molecule has 5 nitrogen and oxygen atoms in total. The average molecular weight is 498 g/mol. The number of nitrogen functional groups attached to an aromatic ring is 1. The van der Waals surface area contributed by atoms with Gasteiger partial charge in [0, 0.05) is 17.5 Å². The molecule has 0 unspecified atom stereocenters. The van der Waals surface area contributed by atoms with Gasteiger partial charge in [-0.1, -0.05) is 41.5 Å². The van der Waals surface area contributed by atoms with E-state index in [1.807, 2.05) is 24.3 Å². The van der Waals surface area contributed by atoms with Crippen molar-refractivity contribution in [3.05, 3.63) is 76.7 Å². The number of thiophene rings is 1. The van der Waals surface area contributed by atoms with Crippen LogP contribution in [0.1, 0.15) is 47.3 Å². The molecule has 4 aromatic rings. The molecule has 3 N–H and O–H groups in total. The van der Waals surface area contributed by atoms with Crippen molar-refractivity contribution in [2.75, 3.05) is 19.4 Å². The number of allylic oxidation sites excluding steroid dienone is 1. The summed E-state index contributed by atoms with van der Waals surface area (Å²) in [5, 5.41) is 3.92. The minimum Gasteiger partial charge on any atom is -0.497 e. The molecule has 0 saturated carbocycles. The zero-order valence-electron chi connectivity index (χ0n) is 20.8. The summed E-state index contributed by atoms with van der Waals surface area (Å²) in [5.74, 6) is 0.662. The van der Waals surface area contributed by atoms with Gasteiger partial charge in [-0.2, -0.15) is 0 Å². The fraction of sp³-hybridized carbons (Fsp3) is 0.267. The topological polar surface area (TPSA) is 77.2 Å². The highest BCUT2D eigenvalue weighted by Gasteiger charge is 2.21. The minimum atomic E-state index is -0.132. The van der Waals surface area contributed by atoms with Crippen molar-refractivity contribution in [3.8, 4) is 28.1 Å². The van der Waals surface area contributed by atoms with Crippen LogP contribution in [0.2, 0.25) is 0 Å². The Hall–Kier alpha value is -3.64. The third-order valence-electron chi connectivity index (χ3n) is 6.77. The van der Waals surface area contributed by atoms with Crippen LogP contribution in [-0.2, 0) is 0 Å². The Morgan fingerprint density at radius 1 is 1.08 bits per heavy atom. The van der Waals surface area contributed by atoms with Crippen LogP contribution in [0.4, 0.5) is 5.69 Å². The summed E-state index contributed by atoms with van der Waals surface area (Å²) in [4.78, 5) is 19.4. The lowest BCUT2D eigenvalue weighted by Crippen LogP contribution is -2.24. The summed E-state index contributed by atoms with van der Waals surface area (Å²) in [7, 11) is 1.65. The smallest absolute Gasteiger partial charge is 0.263 e. The summed E-state index contributed by atoms with van der Waals surface area (Å²) in [5.41, 5.74) is 13.6. The van der Waals surface area contributed by atoms with Crippen molar-refractivity contribution in [2.45, 2.75) is 39.0 Å². The average Bonchev–Trinajstić information content (AvgIpc) is 3.25. The lowest BCUT2D eigenvalue weighted by atomic mass is 9.97. The van der Waals surface area contributed by atoms with Gasteiger partial charge in [0.15, 0.2) is 0 Å². The third kappa shape index (κ3) is 5.00. The molecular weight excluding hydrogens is 466 g/mol. The standard InChI is InChI=1S/C30H31N3O2S/c1-19-8-10-21(11-9-19)24-18-25(22-12-14-23(35-2)15-13-22)33-30-26(24)27(31)28(36-30)29(34)32-17-16-20-6-4-3-5-7-20/h6,8-15,18H,3-5,7,16-17,31H2,1-2H3,(H,32,34). The molecule has 1 aliphatic carbocycles. The molecular formula is C30H31N3O2S. The maximum Gasteiger partial charge on any atom is 0.263 e. The first-order valence-corrected chi connectivity index (χ1v) is 13.3. The van der Waals surface area contributed by atoms with Crippen molar-refractivity contribution in [1.29, 1.82) is 0 Å². The van der Waals surface area contributed by atoms with E-state index in [9.17, 15) is 4.79 Å². The summed E-state index contributed by atoms with van der Waals surface area (Å²) in [6.07, 6.45) is 8.01. The normalized spacial score (nSPS) is 13.4. The molecule has 2 aromatic carbocycles. The van der Waals surface area contributed by atoms with Gasteiger partial charge in [-0.15, -0.1) is 11.3 Å². The van der Waals surface area contributed by atoms with E-state index in [-0.39, 0.29) is 5.91 Å². The van der Waals surface area contributed by atoms with Gasteiger partial charge in [0.25, 0.3) is 5.91 Å². The lowest BCUT2D eigenvalue weighted by molar-refractivity contribution is 0.0959. The van der Waals surface area contributed by atoms with E-state index >= 15 is 0 Å². The Kier molecular flexibility index (Phi) is 7.05. The number of ether oxygens (including phenoxy) is 1. The second-order valence-corrected chi connectivity index (χ2v) is 10.3. The number of nitrogens with zero attached hydrogens (tertiary/aromatic N) is 1. The number of aryl methyl sites for hydroxylation is 1. The van der Waals surface area contributed by atoms with E-state index in [0.29, 0.717) is 17.1 Å². The third-order valence-corrected chi connectivity index (χ3v) is 7.87. The molecule has 1 amide bonds. The predicted octanol–water partition coefficient (Wildman–Crippen LogP) is 7.15. The number of hydrogen-bond donors (Lipinski definition) is 2. The van der Waals surface area contributed by atoms with Crippen LogP contribution in [0.5, 0.6) is 5.75 Å². The maximum absolute atomic E-state index is 13.2. The fourth-order valence-electron chi connectivity index (χ4n) is 4.71. The van der Waals surface area contributed by atoms with Gasteiger partial charge < -0.3 is 15.8 Å². The van der Waals surface area contributed by atoms with E-state index < -0.39 is 0 Å². The maximum atomic E-state index is 13.2. The van der Waals surface area contributed by atoms with Crippen molar-refractivity contribution in [1.82, 2.24) is 10.3 Å². The number of methoxy groups -OCH3 is 1. The molecule has 0 saturated heterocycles. The monoisotopic (exact) mass is 497 g/mol. The molecule has 0 aliphatic heterocycles. The van der Waals surface area contributed by atoms with Crippen molar-refractivity contribution < 1.29 is 9.53 Å². The Labute approximate surface area is 216 Å². The largest absolute Gasteiger partial charge is 0.497 e. The van der Waals surface area contributed by atoms with Gasteiger partial charge in [-0.25, -0.2) is 4.98 Å². The lowest BCUT2D eigenvalue weighted by Gasteiger charge is -2.12. The number of amides is 1. The molecule has 6 heteroatoms. The van der Waals surface area contributed by atoms with Crippen LogP contribution >= 0.6 is 11.3 Å². The Balaban J connectivity index is 1.52. The molecule has 0 fully saturated rings. The van der Waals surface area contributed by atoms with Crippen LogP contribution in [-0.4, -0.2) is 24.5 Å². The number of rotatable bonds is 7. The van der Waals surface area contributed by atoms with E-state index in [0.717, 1.165) is 57.6 Å². The van der Waals surface area contributed by atoms with Gasteiger partial charge in [-0.05, 0) is 80.5 Å². The first-order valence-electron chi connectivity index (χ1n) is 12.4. The number of nitrogens with one attached hydrogen (secondary N) is 1. The Bertz CT molecular complexity index is 1420. The molecule has 0 radical (unpaired) electrons. The van der Waals surface area contributed by atoms with Crippen LogP contribution in [0.25, 0.3) is 32.6 Å². The first-order chi connectivity index (χ1) is 17.5. The number of aromatic nitrogens is 1. The first kappa shape index (κ1) is 24.1. The van der Waals surface area contributed by atoms with Crippen molar-refractivity contribution in [3.63, 3.8) is 0 Å². The summed E-state index contributed by atoms with van der Waals surface area (Å²) in [6.45, 7) is 2.69. The highest BCUT2D eigenvalue weighted by Crippen LogP contribution is 2.41. The number of carbonyl (C=O) groups excluding carboxylic acids is 1. The van der Waals surface area contributed by atoms with E-state index in [1.54, 1.807) is 7.11 Å². The molecule has 2 aromatic heterocycles. The molecule has 0 bridgehead atoms. The number of nitrogens with two attached hydrogens (primary N) is 1. The molecule has 184 valence electrons. The van der Waals surface area contributed by atoms with Gasteiger partial charge >= 0.3 is 0 Å². The fourth-order valence-corrected chi connectivity index (χ4v) is 5.74. The number of pyridine rings is 1. The van der Waals surface area contributed by atoms with Gasteiger partial charge in [0.2, 0.25) is 0 Å². The van der Waals surface area contributed by atoms with E-state index in [1.165, 1.54) is 35.3 Å². The Morgan fingerprint density at radius 2 is 1.83 bits per heavy atom. The van der Waals surface area contributed by atoms with Crippen molar-refractivity contribution >= 4 is 33.1 Å². The zero-order chi connectivity index (χ0) is 25.1. The molecule has 0 atom stereocenters. The molecule has 2 heterocycles. The number of hydrogen-bond acceptors (Lipinski definition) is 5. The number of benzene rings is 2. The number of fused-ring (bicyclic) bond motifs is 1. The van der Waals surface area contributed by atoms with Crippen LogP contribution in [0, 0.1) is 6.92 Å². The van der Waals surface area contributed by atoms with Crippen LogP contribution < -0.4 is 15.8 Å².